The first-order valence-electron chi connectivity index (χ1n) is 10.2. The maximum atomic E-state index is 11.9. The van der Waals surface area contributed by atoms with E-state index >= 15 is 0 Å². The van der Waals surface area contributed by atoms with Gasteiger partial charge in [0.15, 0.2) is 0 Å². The second kappa shape index (κ2) is 8.63. The Labute approximate surface area is 167 Å². The highest BCUT2D eigenvalue weighted by molar-refractivity contribution is 6.32. The van der Waals surface area contributed by atoms with E-state index in [4.69, 9.17) is 7.85 Å². The summed E-state index contributed by atoms with van der Waals surface area (Å²) in [6.45, 7) is 1.46. The van der Waals surface area contributed by atoms with Gasteiger partial charge in [-0.2, -0.15) is 4.98 Å². The Hall–Kier alpha value is -2.57. The molecule has 0 aliphatic heterocycles. The number of carbonyl (C=O) groups is 1. The van der Waals surface area contributed by atoms with E-state index in [0.29, 0.717) is 23.9 Å². The predicted octanol–water partition coefficient (Wildman–Crippen LogP) is 2.61. The zero-order valence-corrected chi connectivity index (χ0v) is 16.1. The molecule has 2 aliphatic carbocycles. The monoisotopic (exact) mass is 375 g/mol. The van der Waals surface area contributed by atoms with Crippen molar-refractivity contribution >= 4 is 36.7 Å². The first kappa shape index (κ1) is 18.8. The molecule has 2 saturated carbocycles. The van der Waals surface area contributed by atoms with Crippen LogP contribution in [-0.2, 0) is 4.79 Å². The van der Waals surface area contributed by atoms with Crippen molar-refractivity contribution in [2.45, 2.75) is 44.4 Å². The molecule has 1 amide bonds. The van der Waals surface area contributed by atoms with Gasteiger partial charge in [0.1, 0.15) is 13.7 Å². The fourth-order valence-electron chi connectivity index (χ4n) is 3.35. The summed E-state index contributed by atoms with van der Waals surface area (Å²) in [6.07, 6.45) is 8.43. The van der Waals surface area contributed by atoms with Crippen LogP contribution in [0.2, 0.25) is 0 Å². The van der Waals surface area contributed by atoms with Crippen molar-refractivity contribution in [1.82, 2.24) is 15.3 Å². The summed E-state index contributed by atoms with van der Waals surface area (Å²) in [4.78, 5) is 21.0. The Morgan fingerprint density at radius 1 is 1.18 bits per heavy atom. The van der Waals surface area contributed by atoms with Crippen molar-refractivity contribution < 1.29 is 4.79 Å². The van der Waals surface area contributed by atoms with E-state index in [1.165, 1.54) is 24.8 Å². The Kier molecular flexibility index (Phi) is 5.79. The standard InChI is InChI=1S/C21H26BN5O/c22-16-6-2-7-17(12-16)26-21-25-13-18(14-8-9-14)19(27-21)23-10-3-11-24-20(28)15-4-1-5-15/h2,6-7,12-15H,1,3-5,8-11H2,(H,24,28)(H2,23,25,26,27). The molecule has 144 valence electrons. The third-order valence-electron chi connectivity index (χ3n) is 5.40. The second-order valence-corrected chi connectivity index (χ2v) is 7.72. The molecule has 2 aromatic rings. The number of rotatable bonds is 9. The van der Waals surface area contributed by atoms with Crippen LogP contribution in [0, 0.1) is 5.92 Å². The van der Waals surface area contributed by atoms with Crippen LogP contribution < -0.4 is 21.4 Å². The maximum absolute atomic E-state index is 11.9. The third kappa shape index (κ3) is 4.83. The predicted molar refractivity (Wildman–Crippen MR) is 113 cm³/mol. The number of carbonyl (C=O) groups excluding carboxylic acids is 1. The number of amides is 1. The number of hydrogen-bond donors (Lipinski definition) is 3. The molecule has 0 atom stereocenters. The van der Waals surface area contributed by atoms with Crippen molar-refractivity contribution in [3.8, 4) is 0 Å². The lowest BCUT2D eigenvalue weighted by Crippen LogP contribution is -2.35. The quantitative estimate of drug-likeness (QED) is 0.464. The number of aromatic nitrogens is 2. The van der Waals surface area contributed by atoms with Crippen molar-refractivity contribution in [3.63, 3.8) is 0 Å². The van der Waals surface area contributed by atoms with E-state index in [1.54, 1.807) is 0 Å². The maximum Gasteiger partial charge on any atom is 0.229 e. The van der Waals surface area contributed by atoms with E-state index in [1.807, 2.05) is 30.5 Å². The summed E-state index contributed by atoms with van der Waals surface area (Å²) in [5, 5.41) is 9.68. The van der Waals surface area contributed by atoms with E-state index in [9.17, 15) is 4.79 Å². The van der Waals surface area contributed by atoms with E-state index < -0.39 is 0 Å². The van der Waals surface area contributed by atoms with Gasteiger partial charge in [-0.25, -0.2) is 4.98 Å². The molecular weight excluding hydrogens is 349 g/mol. The molecule has 28 heavy (non-hydrogen) atoms. The molecule has 1 aromatic heterocycles. The zero-order chi connectivity index (χ0) is 19.3. The minimum Gasteiger partial charge on any atom is -0.370 e. The second-order valence-electron chi connectivity index (χ2n) is 7.72. The molecule has 3 N–H and O–H groups in total. The fraction of sp³-hybridized carbons (Fsp3) is 0.476. The van der Waals surface area contributed by atoms with Gasteiger partial charge < -0.3 is 16.0 Å². The van der Waals surface area contributed by atoms with Gasteiger partial charge in [0.2, 0.25) is 11.9 Å². The molecule has 0 saturated heterocycles. The fourth-order valence-corrected chi connectivity index (χ4v) is 3.35. The van der Waals surface area contributed by atoms with Crippen molar-refractivity contribution in [2.75, 3.05) is 23.7 Å². The summed E-state index contributed by atoms with van der Waals surface area (Å²) in [6, 6.07) is 7.54. The van der Waals surface area contributed by atoms with E-state index in [-0.39, 0.29) is 11.8 Å². The van der Waals surface area contributed by atoms with Crippen molar-refractivity contribution in [3.05, 3.63) is 36.0 Å². The summed E-state index contributed by atoms with van der Waals surface area (Å²) < 4.78 is 0. The van der Waals surface area contributed by atoms with Crippen molar-refractivity contribution in [2.24, 2.45) is 5.92 Å². The average Bonchev–Trinajstić information content (AvgIpc) is 3.45. The van der Waals surface area contributed by atoms with Crippen LogP contribution in [0.4, 0.5) is 17.5 Å². The van der Waals surface area contributed by atoms with Crippen LogP contribution in [0.3, 0.4) is 0 Å². The van der Waals surface area contributed by atoms with Gasteiger partial charge >= 0.3 is 0 Å². The van der Waals surface area contributed by atoms with Crippen molar-refractivity contribution in [1.29, 1.82) is 0 Å². The molecule has 0 unspecified atom stereocenters. The normalized spacial score (nSPS) is 16.3. The van der Waals surface area contributed by atoms with Crippen LogP contribution in [0.25, 0.3) is 0 Å². The summed E-state index contributed by atoms with van der Waals surface area (Å²) in [7, 11) is 5.84. The molecule has 0 bridgehead atoms. The summed E-state index contributed by atoms with van der Waals surface area (Å²) in [5.74, 6) is 2.45. The molecule has 4 rings (SSSR count). The zero-order valence-electron chi connectivity index (χ0n) is 16.1. The highest BCUT2D eigenvalue weighted by Gasteiger charge is 2.27. The highest BCUT2D eigenvalue weighted by Crippen LogP contribution is 2.42. The van der Waals surface area contributed by atoms with Crippen LogP contribution in [-0.4, -0.2) is 36.8 Å². The van der Waals surface area contributed by atoms with Gasteiger partial charge in [0.05, 0.1) is 0 Å². The Bertz CT molecular complexity index is 835. The largest absolute Gasteiger partial charge is 0.370 e. The third-order valence-corrected chi connectivity index (χ3v) is 5.40. The first-order chi connectivity index (χ1) is 13.7. The smallest absolute Gasteiger partial charge is 0.229 e. The first-order valence-corrected chi connectivity index (χ1v) is 10.2. The number of anilines is 3. The topological polar surface area (TPSA) is 78.9 Å². The molecule has 7 heteroatoms. The van der Waals surface area contributed by atoms with Gasteiger partial charge in [-0.1, -0.05) is 24.0 Å². The van der Waals surface area contributed by atoms with Gasteiger partial charge in [-0.3, -0.25) is 4.79 Å². The Morgan fingerprint density at radius 2 is 2.04 bits per heavy atom. The SMILES string of the molecule is [B]c1cccc(Nc2ncc(C3CC3)c(NCCCNC(=O)C3CCC3)n2)c1. The van der Waals surface area contributed by atoms with Crippen LogP contribution in [0.5, 0.6) is 0 Å². The molecule has 2 radical (unpaired) electrons. The Balaban J connectivity index is 1.32. The van der Waals surface area contributed by atoms with E-state index in [0.717, 1.165) is 37.3 Å². The number of nitrogens with one attached hydrogen (secondary N) is 3. The minimum atomic E-state index is 0.209. The molecule has 1 aromatic carbocycles. The average molecular weight is 375 g/mol. The van der Waals surface area contributed by atoms with Crippen LogP contribution in [0.15, 0.2) is 30.5 Å². The van der Waals surface area contributed by atoms with E-state index in [2.05, 4.69) is 25.9 Å². The van der Waals surface area contributed by atoms with Gasteiger partial charge in [-0.05, 0) is 50.2 Å². The number of hydrogen-bond acceptors (Lipinski definition) is 5. The van der Waals surface area contributed by atoms with Crippen LogP contribution >= 0.6 is 0 Å². The molecule has 6 nitrogen and oxygen atoms in total. The lowest BCUT2D eigenvalue weighted by molar-refractivity contribution is -0.127. The molecule has 2 fully saturated rings. The molecule has 2 aliphatic rings. The van der Waals surface area contributed by atoms with Crippen LogP contribution in [0.1, 0.15) is 50.0 Å². The van der Waals surface area contributed by atoms with Gasteiger partial charge in [-0.15, -0.1) is 0 Å². The number of nitrogens with zero attached hydrogens (tertiary/aromatic N) is 2. The summed E-state index contributed by atoms with van der Waals surface area (Å²) >= 11 is 0. The molecule has 0 spiro atoms. The number of benzene rings is 1. The van der Waals surface area contributed by atoms with Gasteiger partial charge in [0, 0.05) is 36.5 Å². The highest BCUT2D eigenvalue weighted by atomic mass is 16.1. The lowest BCUT2D eigenvalue weighted by atomic mass is 9.85. The molecular formula is C21H26BN5O. The van der Waals surface area contributed by atoms with Gasteiger partial charge in [0.25, 0.3) is 0 Å². The minimum absolute atomic E-state index is 0.209. The summed E-state index contributed by atoms with van der Waals surface area (Å²) in [5.41, 5.74) is 2.74. The molecule has 1 heterocycles. The Morgan fingerprint density at radius 3 is 2.75 bits per heavy atom. The lowest BCUT2D eigenvalue weighted by Gasteiger charge is -2.24.